The quantitative estimate of drug-likeness (QED) is 0.416. The molecule has 32 heavy (non-hydrogen) atoms. The molecule has 0 atom stereocenters. The lowest BCUT2D eigenvalue weighted by Crippen LogP contribution is -2.07. The Morgan fingerprint density at radius 3 is 2.69 bits per heavy atom. The Hall–Kier alpha value is -4.57. The first-order chi connectivity index (χ1) is 15.7. The molecule has 0 aliphatic carbocycles. The second kappa shape index (κ2) is 9.49. The van der Waals surface area contributed by atoms with Crippen molar-refractivity contribution in [2.75, 3.05) is 19.0 Å². The molecule has 4 aromatic rings. The van der Waals surface area contributed by atoms with Crippen LogP contribution < -0.4 is 14.8 Å². The van der Waals surface area contributed by atoms with E-state index in [1.165, 1.54) is 13.2 Å². The molecule has 0 radical (unpaired) electrons. The summed E-state index contributed by atoms with van der Waals surface area (Å²) in [5.74, 6) is 1.20. The molecule has 0 aliphatic rings. The Morgan fingerprint density at radius 1 is 1.12 bits per heavy atom. The fraction of sp³-hybridized carbons (Fsp3) is 0.0800. The Bertz CT molecular complexity index is 1280. The van der Waals surface area contributed by atoms with Gasteiger partial charge in [0.25, 0.3) is 0 Å². The molecule has 7 nitrogen and oxygen atoms in total. The molecule has 158 valence electrons. The van der Waals surface area contributed by atoms with E-state index in [9.17, 15) is 4.79 Å². The summed E-state index contributed by atoms with van der Waals surface area (Å²) in [5, 5.41) is 11.5. The van der Waals surface area contributed by atoms with Crippen molar-refractivity contribution in [2.45, 2.75) is 0 Å². The SMILES string of the molecule is COc1cc(/C=C/C(=O)Nc2ccc(-c3nc4ccccc4o3)cc2)ccc1OCC#N. The van der Waals surface area contributed by atoms with Gasteiger partial charge in [-0.25, -0.2) is 4.98 Å². The first-order valence-corrected chi connectivity index (χ1v) is 9.79. The second-order valence-corrected chi connectivity index (χ2v) is 6.74. The number of hydrogen-bond acceptors (Lipinski definition) is 6. The molecule has 7 heteroatoms. The highest BCUT2D eigenvalue weighted by molar-refractivity contribution is 6.02. The van der Waals surface area contributed by atoms with Gasteiger partial charge in [0.1, 0.15) is 11.6 Å². The predicted molar refractivity (Wildman–Crippen MR) is 121 cm³/mol. The molecule has 0 unspecified atom stereocenters. The monoisotopic (exact) mass is 425 g/mol. The third kappa shape index (κ3) is 4.77. The second-order valence-electron chi connectivity index (χ2n) is 6.74. The van der Waals surface area contributed by atoms with E-state index in [2.05, 4.69) is 10.3 Å². The molecule has 4 rings (SSSR count). The molecule has 1 N–H and O–H groups in total. The Balaban J connectivity index is 1.40. The first kappa shape index (κ1) is 20.7. The van der Waals surface area contributed by atoms with Gasteiger partial charge in [-0.05, 0) is 60.2 Å². The van der Waals surface area contributed by atoms with Crippen LogP contribution in [-0.2, 0) is 4.79 Å². The molecular formula is C25H19N3O4. The molecule has 0 fully saturated rings. The topological polar surface area (TPSA) is 97.4 Å². The standard InChI is InChI=1S/C25H19N3O4/c1-30-23-16-17(6-12-22(23)31-15-14-26)7-13-24(29)27-19-10-8-18(9-11-19)25-28-20-4-2-3-5-21(20)32-25/h2-13,16H,15H2,1H3,(H,27,29)/b13-7+. The third-order valence-electron chi connectivity index (χ3n) is 4.60. The fourth-order valence-corrected chi connectivity index (χ4v) is 3.06. The van der Waals surface area contributed by atoms with Crippen LogP contribution in [0.3, 0.4) is 0 Å². The number of oxazole rings is 1. The maximum Gasteiger partial charge on any atom is 0.248 e. The van der Waals surface area contributed by atoms with E-state index < -0.39 is 0 Å². The van der Waals surface area contributed by atoms with Crippen LogP contribution in [0.1, 0.15) is 5.56 Å². The van der Waals surface area contributed by atoms with Gasteiger partial charge < -0.3 is 19.2 Å². The summed E-state index contributed by atoms with van der Waals surface area (Å²) in [5.41, 5.74) is 3.75. The van der Waals surface area contributed by atoms with E-state index >= 15 is 0 Å². The van der Waals surface area contributed by atoms with E-state index in [0.717, 1.165) is 22.2 Å². The van der Waals surface area contributed by atoms with Crippen LogP contribution in [0.25, 0.3) is 28.6 Å². The van der Waals surface area contributed by atoms with Gasteiger partial charge >= 0.3 is 0 Å². The number of benzene rings is 3. The summed E-state index contributed by atoms with van der Waals surface area (Å²) >= 11 is 0. The summed E-state index contributed by atoms with van der Waals surface area (Å²) in [6, 6.07) is 21.9. The number of nitrogens with one attached hydrogen (secondary N) is 1. The Kier molecular flexibility index (Phi) is 6.14. The van der Waals surface area contributed by atoms with Crippen LogP contribution >= 0.6 is 0 Å². The smallest absolute Gasteiger partial charge is 0.248 e. The number of nitriles is 1. The van der Waals surface area contributed by atoms with Gasteiger partial charge in [0.05, 0.1) is 7.11 Å². The van der Waals surface area contributed by atoms with Crippen molar-refractivity contribution in [2.24, 2.45) is 0 Å². The fourth-order valence-electron chi connectivity index (χ4n) is 3.06. The van der Waals surface area contributed by atoms with Crippen LogP contribution in [0.2, 0.25) is 0 Å². The summed E-state index contributed by atoms with van der Waals surface area (Å²) in [6.07, 6.45) is 3.10. The average molecular weight is 425 g/mol. The highest BCUT2D eigenvalue weighted by Crippen LogP contribution is 2.28. The van der Waals surface area contributed by atoms with Crippen LogP contribution in [0.15, 0.2) is 77.2 Å². The van der Waals surface area contributed by atoms with Crippen molar-refractivity contribution in [3.63, 3.8) is 0 Å². The Morgan fingerprint density at radius 2 is 1.94 bits per heavy atom. The summed E-state index contributed by atoms with van der Waals surface area (Å²) in [6.45, 7) is -0.0703. The largest absolute Gasteiger partial charge is 0.493 e. The molecule has 3 aromatic carbocycles. The number of anilines is 1. The number of para-hydroxylation sites is 2. The number of hydrogen-bond donors (Lipinski definition) is 1. The van der Waals surface area contributed by atoms with E-state index in [-0.39, 0.29) is 12.5 Å². The average Bonchev–Trinajstić information content (AvgIpc) is 3.26. The van der Waals surface area contributed by atoms with Crippen molar-refractivity contribution < 1.29 is 18.7 Å². The van der Waals surface area contributed by atoms with Crippen LogP contribution in [0.5, 0.6) is 11.5 Å². The van der Waals surface area contributed by atoms with Crippen LogP contribution in [-0.4, -0.2) is 24.6 Å². The molecule has 0 saturated carbocycles. The van der Waals surface area contributed by atoms with Gasteiger partial charge in [-0.2, -0.15) is 5.26 Å². The van der Waals surface area contributed by atoms with E-state index in [4.69, 9.17) is 19.2 Å². The van der Waals surface area contributed by atoms with E-state index in [0.29, 0.717) is 23.1 Å². The lowest BCUT2D eigenvalue weighted by molar-refractivity contribution is -0.111. The van der Waals surface area contributed by atoms with Gasteiger partial charge in [-0.15, -0.1) is 0 Å². The summed E-state index contributed by atoms with van der Waals surface area (Å²) in [7, 11) is 1.51. The molecule has 0 bridgehead atoms. The molecule has 0 aliphatic heterocycles. The maximum absolute atomic E-state index is 12.3. The number of carbonyl (C=O) groups excluding carboxylic acids is 1. The van der Waals surface area contributed by atoms with Gasteiger partial charge in [0.2, 0.25) is 11.8 Å². The summed E-state index contributed by atoms with van der Waals surface area (Å²) < 4.78 is 16.3. The molecule has 1 aromatic heterocycles. The van der Waals surface area contributed by atoms with Crippen LogP contribution in [0.4, 0.5) is 5.69 Å². The van der Waals surface area contributed by atoms with E-state index in [1.807, 2.05) is 42.5 Å². The predicted octanol–water partition coefficient (Wildman–Crippen LogP) is 5.06. The molecule has 0 saturated heterocycles. The van der Waals surface area contributed by atoms with Gasteiger partial charge in [0.15, 0.2) is 23.7 Å². The number of rotatable bonds is 7. The highest BCUT2D eigenvalue weighted by atomic mass is 16.5. The molecule has 0 spiro atoms. The zero-order valence-corrected chi connectivity index (χ0v) is 17.2. The first-order valence-electron chi connectivity index (χ1n) is 9.79. The molecule has 1 heterocycles. The lowest BCUT2D eigenvalue weighted by atomic mass is 10.2. The number of aromatic nitrogens is 1. The zero-order chi connectivity index (χ0) is 22.3. The zero-order valence-electron chi connectivity index (χ0n) is 17.2. The summed E-state index contributed by atoms with van der Waals surface area (Å²) in [4.78, 5) is 16.8. The van der Waals surface area contributed by atoms with Crippen molar-refractivity contribution >= 4 is 28.8 Å². The van der Waals surface area contributed by atoms with Crippen LogP contribution in [0, 0.1) is 11.3 Å². The van der Waals surface area contributed by atoms with E-state index in [1.54, 1.807) is 36.4 Å². The minimum absolute atomic E-state index is 0.0703. The highest BCUT2D eigenvalue weighted by Gasteiger charge is 2.08. The van der Waals surface area contributed by atoms with Crippen molar-refractivity contribution in [1.29, 1.82) is 5.26 Å². The molecular weight excluding hydrogens is 406 g/mol. The number of fused-ring (bicyclic) bond motifs is 1. The maximum atomic E-state index is 12.3. The minimum atomic E-state index is -0.275. The third-order valence-corrected chi connectivity index (χ3v) is 4.60. The van der Waals surface area contributed by atoms with Crippen molar-refractivity contribution in [3.8, 4) is 29.0 Å². The lowest BCUT2D eigenvalue weighted by Gasteiger charge is -2.08. The van der Waals surface area contributed by atoms with Crippen molar-refractivity contribution in [3.05, 3.63) is 78.4 Å². The molecule has 1 amide bonds. The van der Waals surface area contributed by atoms with Gasteiger partial charge in [0, 0.05) is 17.3 Å². The number of carbonyl (C=O) groups is 1. The van der Waals surface area contributed by atoms with Gasteiger partial charge in [-0.1, -0.05) is 18.2 Å². The number of methoxy groups -OCH3 is 1. The Labute approximate surface area is 184 Å². The number of nitrogens with zero attached hydrogens (tertiary/aromatic N) is 2. The normalized spacial score (nSPS) is 10.8. The minimum Gasteiger partial charge on any atom is -0.493 e. The number of ether oxygens (including phenoxy) is 2. The van der Waals surface area contributed by atoms with Crippen molar-refractivity contribution in [1.82, 2.24) is 4.98 Å². The number of amides is 1. The van der Waals surface area contributed by atoms with Gasteiger partial charge in [-0.3, -0.25) is 4.79 Å².